The molecular weight excluding hydrogens is 517 g/mol. The molecule has 2 aromatic rings. The molecule has 6 nitrogen and oxygen atoms in total. The Balaban J connectivity index is 1.40. The molecule has 212 valence electrons. The maximum atomic E-state index is 13.8. The van der Waals surface area contributed by atoms with Crippen molar-refractivity contribution in [2.24, 2.45) is 5.92 Å². The summed E-state index contributed by atoms with van der Waals surface area (Å²) in [6, 6.07) is 7.99. The number of halogens is 2. The normalized spacial score (nSPS) is 24.1. The summed E-state index contributed by atoms with van der Waals surface area (Å²) < 4.78 is 19.3. The molecule has 0 spiro atoms. The monoisotopic (exact) mass is 557 g/mol. The highest BCUT2D eigenvalue weighted by Crippen LogP contribution is 2.44. The van der Waals surface area contributed by atoms with Gasteiger partial charge in [0.1, 0.15) is 11.6 Å². The zero-order chi connectivity index (χ0) is 27.7. The fourth-order valence-electron chi connectivity index (χ4n) is 6.09. The number of carbonyl (C=O) groups excluding carboxylic acids is 2. The fourth-order valence-corrected chi connectivity index (χ4v) is 6.21. The van der Waals surface area contributed by atoms with Crippen molar-refractivity contribution in [3.63, 3.8) is 0 Å². The second-order valence-corrected chi connectivity index (χ2v) is 11.9. The van der Waals surface area contributed by atoms with E-state index in [4.69, 9.17) is 16.3 Å². The number of pyridine rings is 1. The molecule has 0 radical (unpaired) electrons. The zero-order valence-corrected chi connectivity index (χ0v) is 23.7. The average molecular weight is 558 g/mol. The van der Waals surface area contributed by atoms with Gasteiger partial charge in [-0.1, -0.05) is 69.0 Å². The van der Waals surface area contributed by atoms with Gasteiger partial charge in [0.25, 0.3) is 5.91 Å². The Morgan fingerprint density at radius 3 is 2.41 bits per heavy atom. The first-order chi connectivity index (χ1) is 18.8. The summed E-state index contributed by atoms with van der Waals surface area (Å²) in [5, 5.41) is 6.54. The van der Waals surface area contributed by atoms with Gasteiger partial charge in [-0.3, -0.25) is 14.6 Å². The molecule has 3 saturated carbocycles. The van der Waals surface area contributed by atoms with Crippen molar-refractivity contribution in [3.05, 3.63) is 58.6 Å². The maximum absolute atomic E-state index is 13.8. The number of rotatable bonds is 7. The van der Waals surface area contributed by atoms with Crippen LogP contribution in [0, 0.1) is 18.7 Å². The molecular formula is C31H41ClFN3O3. The zero-order valence-electron chi connectivity index (χ0n) is 22.9. The van der Waals surface area contributed by atoms with Crippen molar-refractivity contribution >= 4 is 23.4 Å². The van der Waals surface area contributed by atoms with E-state index >= 15 is 0 Å². The summed E-state index contributed by atoms with van der Waals surface area (Å²) in [6.07, 6.45) is 15.1. The van der Waals surface area contributed by atoms with Crippen LogP contribution >= 0.6 is 11.6 Å². The van der Waals surface area contributed by atoms with Gasteiger partial charge in [-0.05, 0) is 62.3 Å². The molecule has 2 bridgehead atoms. The molecule has 2 N–H and O–H groups in total. The minimum absolute atomic E-state index is 0.0117. The smallest absolute Gasteiger partial charge is 0.258 e. The predicted octanol–water partition coefficient (Wildman–Crippen LogP) is 6.47. The van der Waals surface area contributed by atoms with Gasteiger partial charge in [0, 0.05) is 29.5 Å². The van der Waals surface area contributed by atoms with Gasteiger partial charge < -0.3 is 15.4 Å². The standard InChI is InChI=1S/C31H41ClFN3O3/c1-22-11-12-23(20-34-22)15-29(37)35-25-10-8-6-4-2-3-5-7-9-24-17-31(18-24,19-25)36-30(38)21-39-26-13-14-27(32)28(33)16-26/h11-14,16,20,24-25H,2-10,15,17-19,21H2,1H3,(H,35,37)(H,36,38). The molecule has 1 atom stereocenters. The molecule has 3 aliphatic carbocycles. The molecule has 0 aliphatic heterocycles. The number of nitrogens with zero attached hydrogens (tertiary/aromatic N) is 1. The van der Waals surface area contributed by atoms with Crippen LogP contribution in [-0.2, 0) is 16.0 Å². The summed E-state index contributed by atoms with van der Waals surface area (Å²) >= 11 is 5.75. The summed E-state index contributed by atoms with van der Waals surface area (Å²) in [5.74, 6) is 0.00581. The highest BCUT2D eigenvalue weighted by atomic mass is 35.5. The van der Waals surface area contributed by atoms with E-state index in [1.807, 2.05) is 19.1 Å². The third kappa shape index (κ3) is 9.20. The van der Waals surface area contributed by atoms with Crippen molar-refractivity contribution in [2.45, 2.75) is 102 Å². The lowest BCUT2D eigenvalue weighted by molar-refractivity contribution is -0.127. The third-order valence-corrected chi connectivity index (χ3v) is 8.34. The van der Waals surface area contributed by atoms with Gasteiger partial charge in [0.05, 0.1) is 11.4 Å². The van der Waals surface area contributed by atoms with E-state index < -0.39 is 5.82 Å². The van der Waals surface area contributed by atoms with Crippen LogP contribution in [0.25, 0.3) is 0 Å². The molecule has 8 heteroatoms. The molecule has 39 heavy (non-hydrogen) atoms. The molecule has 3 fully saturated rings. The van der Waals surface area contributed by atoms with E-state index in [1.165, 1.54) is 50.7 Å². The summed E-state index contributed by atoms with van der Waals surface area (Å²) in [5.41, 5.74) is 1.44. The molecule has 1 aromatic heterocycles. The second-order valence-electron chi connectivity index (χ2n) is 11.5. The highest BCUT2D eigenvalue weighted by molar-refractivity contribution is 6.30. The number of amides is 2. The molecule has 3 aliphatic rings. The number of aromatic nitrogens is 1. The van der Waals surface area contributed by atoms with Crippen molar-refractivity contribution in [2.75, 3.05) is 6.61 Å². The van der Waals surface area contributed by atoms with Crippen molar-refractivity contribution in [1.82, 2.24) is 15.6 Å². The van der Waals surface area contributed by atoms with E-state index in [9.17, 15) is 14.0 Å². The lowest BCUT2D eigenvalue weighted by Gasteiger charge is -2.50. The summed E-state index contributed by atoms with van der Waals surface area (Å²) in [7, 11) is 0. The number of carbonyl (C=O) groups is 2. The Morgan fingerprint density at radius 1 is 1.00 bits per heavy atom. The minimum Gasteiger partial charge on any atom is -0.484 e. The first kappa shape index (κ1) is 29.3. The molecule has 5 rings (SSSR count). The van der Waals surface area contributed by atoms with Crippen molar-refractivity contribution in [1.29, 1.82) is 0 Å². The first-order valence-corrected chi connectivity index (χ1v) is 14.8. The minimum atomic E-state index is -0.582. The Kier molecular flexibility index (Phi) is 10.6. The highest BCUT2D eigenvalue weighted by Gasteiger charge is 2.46. The summed E-state index contributed by atoms with van der Waals surface area (Å²) in [4.78, 5) is 30.3. The van der Waals surface area contributed by atoms with Crippen LogP contribution in [0.2, 0.25) is 5.02 Å². The van der Waals surface area contributed by atoms with Crippen LogP contribution in [0.15, 0.2) is 36.5 Å². The molecule has 1 heterocycles. The lowest BCUT2D eigenvalue weighted by Crippen LogP contribution is -2.61. The molecule has 2 amide bonds. The SMILES string of the molecule is Cc1ccc(CC(=O)NC2CCCCCCCCCC3CC(NC(=O)COc4ccc(Cl)c(F)c4)(C3)C2)cn1. The largest absolute Gasteiger partial charge is 0.484 e. The van der Waals surface area contributed by atoms with Gasteiger partial charge >= 0.3 is 0 Å². The Morgan fingerprint density at radius 2 is 1.72 bits per heavy atom. The number of hydrogen-bond acceptors (Lipinski definition) is 4. The van der Waals surface area contributed by atoms with Gasteiger partial charge in [-0.25, -0.2) is 4.39 Å². The van der Waals surface area contributed by atoms with Gasteiger partial charge in [-0.15, -0.1) is 0 Å². The van der Waals surface area contributed by atoms with E-state index in [0.29, 0.717) is 12.3 Å². The van der Waals surface area contributed by atoms with E-state index in [-0.39, 0.29) is 47.2 Å². The number of nitrogens with one attached hydrogen (secondary N) is 2. The van der Waals surface area contributed by atoms with Crippen LogP contribution in [0.1, 0.15) is 88.3 Å². The number of benzene rings is 1. The van der Waals surface area contributed by atoms with E-state index in [1.54, 1.807) is 12.3 Å². The van der Waals surface area contributed by atoms with Crippen LogP contribution in [0.5, 0.6) is 5.75 Å². The Hall–Kier alpha value is -2.67. The Labute approximate surface area is 236 Å². The van der Waals surface area contributed by atoms with Crippen LogP contribution in [0.3, 0.4) is 0 Å². The quantitative estimate of drug-likeness (QED) is 0.409. The van der Waals surface area contributed by atoms with E-state index in [0.717, 1.165) is 43.4 Å². The topological polar surface area (TPSA) is 80.3 Å². The van der Waals surface area contributed by atoms with Gasteiger partial charge in [-0.2, -0.15) is 0 Å². The van der Waals surface area contributed by atoms with Gasteiger partial charge in [0.15, 0.2) is 6.61 Å². The molecule has 1 aromatic carbocycles. The first-order valence-electron chi connectivity index (χ1n) is 14.4. The lowest BCUT2D eigenvalue weighted by atomic mass is 9.63. The van der Waals surface area contributed by atoms with Crippen molar-refractivity contribution < 1.29 is 18.7 Å². The Bertz CT molecular complexity index is 1100. The number of ether oxygens (including phenoxy) is 1. The van der Waals surface area contributed by atoms with Crippen molar-refractivity contribution in [3.8, 4) is 5.75 Å². The molecule has 1 unspecified atom stereocenters. The number of aryl methyl sites for hydroxylation is 1. The van der Waals surface area contributed by atoms with Gasteiger partial charge in [0.2, 0.25) is 5.91 Å². The maximum Gasteiger partial charge on any atom is 0.258 e. The molecule has 0 saturated heterocycles. The van der Waals surface area contributed by atoms with Crippen LogP contribution in [-0.4, -0.2) is 35.0 Å². The average Bonchev–Trinajstić information content (AvgIpc) is 2.88. The fraction of sp³-hybridized carbons (Fsp3) is 0.581. The number of hydrogen-bond donors (Lipinski definition) is 2. The van der Waals surface area contributed by atoms with Crippen LogP contribution in [0.4, 0.5) is 4.39 Å². The summed E-state index contributed by atoms with van der Waals surface area (Å²) in [6.45, 7) is 1.72. The van der Waals surface area contributed by atoms with E-state index in [2.05, 4.69) is 15.6 Å². The second kappa shape index (κ2) is 14.1. The number of fused-ring (bicyclic) bond motifs is 10. The third-order valence-electron chi connectivity index (χ3n) is 8.03. The predicted molar refractivity (Wildman–Crippen MR) is 151 cm³/mol. The van der Waals surface area contributed by atoms with Crippen LogP contribution < -0.4 is 15.4 Å².